The van der Waals surface area contributed by atoms with Crippen LogP contribution in [0.4, 0.5) is 34.1 Å². The zero-order valence-electron chi connectivity index (χ0n) is 34.3. The van der Waals surface area contributed by atoms with Gasteiger partial charge >= 0.3 is 0 Å². The van der Waals surface area contributed by atoms with E-state index in [1.807, 2.05) is 0 Å². The molecule has 0 spiro atoms. The largest absolute Gasteiger partial charge is 0.310 e. The van der Waals surface area contributed by atoms with Gasteiger partial charge < -0.3 is 9.80 Å². The van der Waals surface area contributed by atoms with Crippen LogP contribution in [0.25, 0.3) is 54.9 Å². The van der Waals surface area contributed by atoms with E-state index in [1.165, 1.54) is 83.1 Å². The molecule has 0 aliphatic carbocycles. The predicted octanol–water partition coefficient (Wildman–Crippen LogP) is 16.6. The van der Waals surface area contributed by atoms with Gasteiger partial charge in [-0.25, -0.2) is 0 Å². The molecule has 0 atom stereocenters. The third-order valence-electron chi connectivity index (χ3n) is 12.6. The summed E-state index contributed by atoms with van der Waals surface area (Å²) in [6.45, 7) is 4.79. The standard InChI is InChI=1S/C59H44N2/c1-59(2)54-31-13-14-32-55(54)61(58-51-28-12-10-19-43(51)38-39-53(58)52-30-16-20-42-18-9-11-27-49(42)52)56-33-17-29-50(57(56)59)44-36-34-41(35-37-44)45-21-15-26-48(40-45)60(46-22-5-3-6-23-46)47-24-7-4-8-25-47/h3-40H,1-2H3. The van der Waals surface area contributed by atoms with Gasteiger partial charge in [0, 0.05) is 33.4 Å². The highest BCUT2D eigenvalue weighted by Gasteiger charge is 2.39. The van der Waals surface area contributed by atoms with Crippen LogP contribution in [0.3, 0.4) is 0 Å². The molecular weight excluding hydrogens is 737 g/mol. The average molecular weight is 781 g/mol. The van der Waals surface area contributed by atoms with Crippen molar-refractivity contribution >= 4 is 55.7 Å². The van der Waals surface area contributed by atoms with Crippen LogP contribution < -0.4 is 9.80 Å². The molecule has 61 heavy (non-hydrogen) atoms. The Kier molecular flexibility index (Phi) is 8.86. The molecule has 0 saturated carbocycles. The van der Waals surface area contributed by atoms with Crippen molar-refractivity contribution in [2.24, 2.45) is 0 Å². The SMILES string of the molecule is CC1(C)c2ccccc2N(c2c(-c3cccc4ccccc34)ccc3ccccc23)c2cccc(-c3ccc(-c4cccc(N(c5ccccc5)c5ccccc5)c4)cc3)c21. The minimum Gasteiger partial charge on any atom is -0.310 e. The lowest BCUT2D eigenvalue weighted by atomic mass is 9.70. The van der Waals surface area contributed by atoms with Crippen molar-refractivity contribution < 1.29 is 0 Å². The van der Waals surface area contributed by atoms with Gasteiger partial charge in [-0.15, -0.1) is 0 Å². The quantitative estimate of drug-likeness (QED) is 0.159. The van der Waals surface area contributed by atoms with E-state index in [-0.39, 0.29) is 5.41 Å². The summed E-state index contributed by atoms with van der Waals surface area (Å²) in [5.74, 6) is 0. The molecule has 0 unspecified atom stereocenters. The summed E-state index contributed by atoms with van der Waals surface area (Å²) in [4.78, 5) is 4.88. The molecule has 0 N–H and O–H groups in total. The smallest absolute Gasteiger partial charge is 0.0618 e. The first-order valence-electron chi connectivity index (χ1n) is 21.2. The van der Waals surface area contributed by atoms with Gasteiger partial charge in [-0.1, -0.05) is 196 Å². The van der Waals surface area contributed by atoms with E-state index >= 15 is 0 Å². The number of hydrogen-bond acceptors (Lipinski definition) is 2. The lowest BCUT2D eigenvalue weighted by Gasteiger charge is -2.44. The van der Waals surface area contributed by atoms with Crippen LogP contribution in [-0.4, -0.2) is 0 Å². The Balaban J connectivity index is 1.06. The van der Waals surface area contributed by atoms with E-state index in [0.29, 0.717) is 0 Å². The van der Waals surface area contributed by atoms with Crippen LogP contribution in [0, 0.1) is 0 Å². The molecule has 0 saturated heterocycles. The van der Waals surface area contributed by atoms with Gasteiger partial charge in [0.1, 0.15) is 0 Å². The lowest BCUT2D eigenvalue weighted by molar-refractivity contribution is 0.634. The third kappa shape index (κ3) is 6.19. The van der Waals surface area contributed by atoms with Crippen LogP contribution in [0.2, 0.25) is 0 Å². The number of para-hydroxylation sites is 3. The summed E-state index contributed by atoms with van der Waals surface area (Å²) in [5.41, 5.74) is 16.6. The first-order chi connectivity index (χ1) is 30.0. The summed E-state index contributed by atoms with van der Waals surface area (Å²) < 4.78 is 0. The Morgan fingerprint density at radius 3 is 1.66 bits per heavy atom. The van der Waals surface area contributed by atoms with E-state index in [0.717, 1.165) is 17.1 Å². The van der Waals surface area contributed by atoms with Crippen LogP contribution in [-0.2, 0) is 5.41 Å². The summed E-state index contributed by atoms with van der Waals surface area (Å²) in [7, 11) is 0. The molecule has 11 rings (SSSR count). The Morgan fingerprint density at radius 1 is 0.361 bits per heavy atom. The zero-order valence-corrected chi connectivity index (χ0v) is 34.3. The molecule has 0 radical (unpaired) electrons. The van der Waals surface area contributed by atoms with Gasteiger partial charge in [0.15, 0.2) is 0 Å². The molecule has 0 bridgehead atoms. The number of fused-ring (bicyclic) bond motifs is 4. The monoisotopic (exact) mass is 780 g/mol. The van der Waals surface area contributed by atoms with Crippen molar-refractivity contribution in [3.8, 4) is 33.4 Å². The van der Waals surface area contributed by atoms with Crippen LogP contribution in [0.15, 0.2) is 231 Å². The van der Waals surface area contributed by atoms with Crippen LogP contribution >= 0.6 is 0 Å². The van der Waals surface area contributed by atoms with Gasteiger partial charge in [0.05, 0.1) is 17.1 Å². The molecule has 0 aromatic heterocycles. The maximum Gasteiger partial charge on any atom is 0.0618 e. The Bertz CT molecular complexity index is 3180. The van der Waals surface area contributed by atoms with E-state index in [2.05, 4.69) is 254 Å². The van der Waals surface area contributed by atoms with Crippen molar-refractivity contribution in [3.63, 3.8) is 0 Å². The van der Waals surface area contributed by atoms with Crippen molar-refractivity contribution in [1.82, 2.24) is 0 Å². The molecule has 0 amide bonds. The number of nitrogens with zero attached hydrogens (tertiary/aromatic N) is 2. The molecule has 1 aliphatic heterocycles. The first-order valence-corrected chi connectivity index (χ1v) is 21.2. The zero-order chi connectivity index (χ0) is 40.9. The predicted molar refractivity (Wildman–Crippen MR) is 259 cm³/mol. The molecule has 2 heteroatoms. The number of anilines is 6. The highest BCUT2D eigenvalue weighted by atomic mass is 15.2. The van der Waals surface area contributed by atoms with Gasteiger partial charge in [0.2, 0.25) is 0 Å². The van der Waals surface area contributed by atoms with Crippen LogP contribution in [0.5, 0.6) is 0 Å². The highest BCUT2D eigenvalue weighted by molar-refractivity contribution is 6.11. The summed E-state index contributed by atoms with van der Waals surface area (Å²) in [5, 5.41) is 4.93. The van der Waals surface area contributed by atoms with Crippen molar-refractivity contribution in [2.75, 3.05) is 9.80 Å². The van der Waals surface area contributed by atoms with E-state index in [9.17, 15) is 0 Å². The molecule has 0 fully saturated rings. The van der Waals surface area contributed by atoms with Gasteiger partial charge in [-0.2, -0.15) is 0 Å². The Hall–Kier alpha value is -7.68. The van der Waals surface area contributed by atoms with Gasteiger partial charge in [0.25, 0.3) is 0 Å². The molecule has 2 nitrogen and oxygen atoms in total. The summed E-state index contributed by atoms with van der Waals surface area (Å²) >= 11 is 0. The van der Waals surface area contributed by atoms with Gasteiger partial charge in [-0.05, 0) is 104 Å². The fourth-order valence-corrected chi connectivity index (χ4v) is 9.77. The minimum atomic E-state index is -0.283. The van der Waals surface area contributed by atoms with Crippen LogP contribution in [0.1, 0.15) is 25.0 Å². The summed E-state index contributed by atoms with van der Waals surface area (Å²) in [6, 6.07) is 84.1. The fourth-order valence-electron chi connectivity index (χ4n) is 9.77. The second-order valence-corrected chi connectivity index (χ2v) is 16.5. The molecule has 1 heterocycles. The molecule has 10 aromatic rings. The normalized spacial score (nSPS) is 12.9. The first kappa shape index (κ1) is 36.4. The molecular formula is C59H44N2. The van der Waals surface area contributed by atoms with Crippen molar-refractivity contribution in [2.45, 2.75) is 19.3 Å². The topological polar surface area (TPSA) is 6.48 Å². The number of benzene rings is 10. The van der Waals surface area contributed by atoms with Gasteiger partial charge in [-0.3, -0.25) is 0 Å². The Morgan fingerprint density at radius 2 is 0.902 bits per heavy atom. The number of rotatable bonds is 7. The lowest BCUT2D eigenvalue weighted by Crippen LogP contribution is -2.31. The second-order valence-electron chi connectivity index (χ2n) is 16.5. The maximum absolute atomic E-state index is 2.56. The molecule has 290 valence electrons. The van der Waals surface area contributed by atoms with E-state index < -0.39 is 0 Å². The van der Waals surface area contributed by atoms with E-state index in [4.69, 9.17) is 0 Å². The highest BCUT2D eigenvalue weighted by Crippen LogP contribution is 2.57. The maximum atomic E-state index is 2.56. The van der Waals surface area contributed by atoms with E-state index in [1.54, 1.807) is 0 Å². The summed E-state index contributed by atoms with van der Waals surface area (Å²) in [6.07, 6.45) is 0. The molecule has 10 aromatic carbocycles. The third-order valence-corrected chi connectivity index (χ3v) is 12.6. The number of hydrogen-bond donors (Lipinski definition) is 0. The minimum absolute atomic E-state index is 0.283. The second kappa shape index (κ2) is 14.9. The Labute approximate surface area is 358 Å². The average Bonchev–Trinajstić information content (AvgIpc) is 3.32. The fraction of sp³-hybridized carbons (Fsp3) is 0.0508. The molecule has 1 aliphatic rings. The van der Waals surface area contributed by atoms with Crippen molar-refractivity contribution in [3.05, 3.63) is 242 Å². The van der Waals surface area contributed by atoms with Crippen molar-refractivity contribution in [1.29, 1.82) is 0 Å².